The van der Waals surface area contributed by atoms with Crippen LogP contribution >= 0.6 is 0 Å². The summed E-state index contributed by atoms with van der Waals surface area (Å²) in [6.07, 6.45) is -3.88. The second kappa shape index (κ2) is 7.53. The summed E-state index contributed by atoms with van der Waals surface area (Å²) in [5.41, 5.74) is 8.13. The number of nitrogens with zero attached hydrogens (tertiary/aromatic N) is 1. The maximum absolute atomic E-state index is 14.0. The van der Waals surface area contributed by atoms with Crippen molar-refractivity contribution in [1.82, 2.24) is 0 Å². The highest BCUT2D eigenvalue weighted by atomic mass is 19.4. The molecule has 3 N–H and O–H groups in total. The van der Waals surface area contributed by atoms with E-state index in [-0.39, 0.29) is 25.2 Å². The van der Waals surface area contributed by atoms with Crippen molar-refractivity contribution in [2.75, 3.05) is 23.3 Å². The topological polar surface area (TPSA) is 41.3 Å². The van der Waals surface area contributed by atoms with E-state index in [0.29, 0.717) is 30.0 Å². The lowest BCUT2D eigenvalue weighted by Crippen LogP contribution is -2.38. The van der Waals surface area contributed by atoms with Crippen molar-refractivity contribution in [1.29, 1.82) is 0 Å². The van der Waals surface area contributed by atoms with Crippen molar-refractivity contribution >= 4 is 17.1 Å². The van der Waals surface area contributed by atoms with E-state index in [1.165, 1.54) is 6.07 Å². The molecule has 1 saturated heterocycles. The zero-order valence-corrected chi connectivity index (χ0v) is 14.2. The normalized spacial score (nSPS) is 16.0. The van der Waals surface area contributed by atoms with Crippen molar-refractivity contribution < 1.29 is 17.6 Å². The average molecular weight is 367 g/mol. The standard InChI is InChI=1S/C19H21F4N3/c20-17-11-13(12-24)1-6-18(17)25-15-2-4-16(5-3-15)26-9-7-14(8-10-26)19(21,22)23/h1-6,11,14,25H,7-10,12,24H2. The lowest BCUT2D eigenvalue weighted by atomic mass is 9.96. The molecule has 2 aromatic carbocycles. The molecule has 3 nitrogen and oxygen atoms in total. The number of nitrogens with two attached hydrogens (primary N) is 1. The van der Waals surface area contributed by atoms with Gasteiger partial charge in [-0.05, 0) is 54.8 Å². The number of piperidine rings is 1. The summed E-state index contributed by atoms with van der Waals surface area (Å²) in [5.74, 6) is -1.59. The van der Waals surface area contributed by atoms with Gasteiger partial charge in [0.2, 0.25) is 0 Å². The van der Waals surface area contributed by atoms with Gasteiger partial charge in [-0.25, -0.2) is 4.39 Å². The van der Waals surface area contributed by atoms with Crippen molar-refractivity contribution in [3.63, 3.8) is 0 Å². The van der Waals surface area contributed by atoms with Crippen LogP contribution < -0.4 is 16.0 Å². The molecule has 0 aliphatic carbocycles. The third-order valence-corrected chi connectivity index (χ3v) is 4.74. The van der Waals surface area contributed by atoms with E-state index in [0.717, 1.165) is 5.69 Å². The Bertz CT molecular complexity index is 735. The van der Waals surface area contributed by atoms with Crippen molar-refractivity contribution in [3.05, 3.63) is 53.8 Å². The monoisotopic (exact) mass is 367 g/mol. The number of nitrogens with one attached hydrogen (secondary N) is 1. The highest BCUT2D eigenvalue weighted by Gasteiger charge is 2.41. The molecule has 0 bridgehead atoms. The summed E-state index contributed by atoms with van der Waals surface area (Å²) in [7, 11) is 0. The lowest BCUT2D eigenvalue weighted by Gasteiger charge is -2.34. The molecule has 1 aliphatic rings. The van der Waals surface area contributed by atoms with E-state index in [1.54, 1.807) is 24.3 Å². The molecule has 7 heteroatoms. The van der Waals surface area contributed by atoms with Gasteiger partial charge in [0, 0.05) is 31.0 Å². The van der Waals surface area contributed by atoms with Gasteiger partial charge in [-0.15, -0.1) is 0 Å². The molecule has 26 heavy (non-hydrogen) atoms. The molecule has 140 valence electrons. The Hall–Kier alpha value is -2.28. The van der Waals surface area contributed by atoms with Crippen LogP contribution in [0.3, 0.4) is 0 Å². The van der Waals surface area contributed by atoms with Crippen LogP contribution in [0.4, 0.5) is 34.6 Å². The van der Waals surface area contributed by atoms with Gasteiger partial charge in [0.25, 0.3) is 0 Å². The molecular weight excluding hydrogens is 346 g/mol. The van der Waals surface area contributed by atoms with Crippen LogP contribution in [-0.4, -0.2) is 19.3 Å². The average Bonchev–Trinajstić information content (AvgIpc) is 2.63. The van der Waals surface area contributed by atoms with E-state index in [1.807, 2.05) is 17.0 Å². The minimum atomic E-state index is -4.11. The Kier molecular flexibility index (Phi) is 5.36. The van der Waals surface area contributed by atoms with Gasteiger partial charge >= 0.3 is 6.18 Å². The molecule has 0 spiro atoms. The van der Waals surface area contributed by atoms with Gasteiger partial charge in [-0.3, -0.25) is 0 Å². The molecule has 1 aliphatic heterocycles. The fourth-order valence-electron chi connectivity index (χ4n) is 3.16. The lowest BCUT2D eigenvalue weighted by molar-refractivity contribution is -0.179. The van der Waals surface area contributed by atoms with Gasteiger partial charge in [0.05, 0.1) is 11.6 Å². The number of alkyl halides is 3. The first-order valence-electron chi connectivity index (χ1n) is 8.54. The minimum absolute atomic E-state index is 0.113. The second-order valence-corrected chi connectivity index (χ2v) is 6.49. The zero-order valence-electron chi connectivity index (χ0n) is 14.2. The number of benzene rings is 2. The van der Waals surface area contributed by atoms with E-state index < -0.39 is 12.1 Å². The number of halogens is 4. The molecule has 0 atom stereocenters. The molecule has 2 aromatic rings. The van der Waals surface area contributed by atoms with E-state index >= 15 is 0 Å². The molecule has 0 amide bonds. The molecule has 0 unspecified atom stereocenters. The van der Waals surface area contributed by atoms with Crippen LogP contribution in [0.5, 0.6) is 0 Å². The van der Waals surface area contributed by atoms with Gasteiger partial charge < -0.3 is 16.0 Å². The smallest absolute Gasteiger partial charge is 0.372 e. The maximum Gasteiger partial charge on any atom is 0.391 e. The fourth-order valence-corrected chi connectivity index (χ4v) is 3.16. The third kappa shape index (κ3) is 4.27. The van der Waals surface area contributed by atoms with Crippen LogP contribution in [0.2, 0.25) is 0 Å². The third-order valence-electron chi connectivity index (χ3n) is 4.74. The summed E-state index contributed by atoms with van der Waals surface area (Å²) in [6, 6.07) is 12.0. The number of hydrogen-bond donors (Lipinski definition) is 2. The van der Waals surface area contributed by atoms with Crippen LogP contribution in [-0.2, 0) is 6.54 Å². The largest absolute Gasteiger partial charge is 0.391 e. The Labute approximate surface area is 149 Å². The number of anilines is 3. The highest BCUT2D eigenvalue weighted by molar-refractivity contribution is 5.63. The van der Waals surface area contributed by atoms with Crippen molar-refractivity contribution in [2.45, 2.75) is 25.6 Å². The predicted octanol–water partition coefficient (Wildman–Crippen LogP) is 4.81. The van der Waals surface area contributed by atoms with Gasteiger partial charge in [-0.2, -0.15) is 13.2 Å². The van der Waals surface area contributed by atoms with Crippen LogP contribution in [0, 0.1) is 11.7 Å². The van der Waals surface area contributed by atoms with Crippen molar-refractivity contribution in [3.8, 4) is 0 Å². The first-order valence-corrected chi connectivity index (χ1v) is 8.54. The van der Waals surface area contributed by atoms with E-state index in [9.17, 15) is 17.6 Å². The van der Waals surface area contributed by atoms with Crippen molar-refractivity contribution in [2.24, 2.45) is 11.7 Å². The van der Waals surface area contributed by atoms with Crippen LogP contribution in [0.25, 0.3) is 0 Å². The van der Waals surface area contributed by atoms with Gasteiger partial charge in [0.15, 0.2) is 0 Å². The summed E-state index contributed by atoms with van der Waals surface area (Å²) >= 11 is 0. The predicted molar refractivity (Wildman–Crippen MR) is 95.0 cm³/mol. The van der Waals surface area contributed by atoms with Crippen LogP contribution in [0.1, 0.15) is 18.4 Å². The summed E-state index contributed by atoms with van der Waals surface area (Å²) in [4.78, 5) is 1.95. The van der Waals surface area contributed by atoms with Gasteiger partial charge in [-0.1, -0.05) is 6.07 Å². The molecule has 1 heterocycles. The summed E-state index contributed by atoms with van der Waals surface area (Å²) in [6.45, 7) is 1.04. The maximum atomic E-state index is 14.0. The molecule has 1 fully saturated rings. The Balaban J connectivity index is 1.62. The quantitative estimate of drug-likeness (QED) is 0.762. The highest BCUT2D eigenvalue weighted by Crippen LogP contribution is 2.35. The second-order valence-electron chi connectivity index (χ2n) is 6.49. The van der Waals surface area contributed by atoms with Gasteiger partial charge in [0.1, 0.15) is 5.82 Å². The van der Waals surface area contributed by atoms with E-state index in [2.05, 4.69) is 5.32 Å². The number of hydrogen-bond acceptors (Lipinski definition) is 3. The minimum Gasteiger partial charge on any atom is -0.372 e. The molecule has 0 aromatic heterocycles. The fraction of sp³-hybridized carbons (Fsp3) is 0.368. The first-order chi connectivity index (χ1) is 12.4. The Morgan fingerprint density at radius 2 is 1.69 bits per heavy atom. The van der Waals surface area contributed by atoms with Crippen LogP contribution in [0.15, 0.2) is 42.5 Å². The SMILES string of the molecule is NCc1ccc(Nc2ccc(N3CCC(C(F)(F)F)CC3)cc2)c(F)c1. The molecular formula is C19H21F4N3. The summed E-state index contributed by atoms with van der Waals surface area (Å²) in [5, 5.41) is 3.00. The summed E-state index contributed by atoms with van der Waals surface area (Å²) < 4.78 is 52.2. The Morgan fingerprint density at radius 1 is 1.04 bits per heavy atom. The Morgan fingerprint density at radius 3 is 2.23 bits per heavy atom. The molecule has 0 radical (unpaired) electrons. The molecule has 0 saturated carbocycles. The zero-order chi connectivity index (χ0) is 18.7. The molecule has 3 rings (SSSR count). The number of rotatable bonds is 4. The first kappa shape index (κ1) is 18.5. The van der Waals surface area contributed by atoms with E-state index in [4.69, 9.17) is 5.73 Å².